The number of aryl methyl sites for hydroxylation is 1. The lowest BCUT2D eigenvalue weighted by molar-refractivity contribution is -0.149. The van der Waals surface area contributed by atoms with Crippen molar-refractivity contribution >= 4 is 33.8 Å². The zero-order chi connectivity index (χ0) is 29.1. The molecular formula is C27H33N5O7S. The number of esters is 1. The summed E-state index contributed by atoms with van der Waals surface area (Å²) in [6.07, 6.45) is 2.03. The minimum absolute atomic E-state index is 0.00217. The van der Waals surface area contributed by atoms with Gasteiger partial charge in [0.2, 0.25) is 15.9 Å². The van der Waals surface area contributed by atoms with Crippen LogP contribution in [0.2, 0.25) is 0 Å². The standard InChI is InChI=1S/C27H33N5O7S/c1-3-38-25(33)17-31-15-16-32(27(35)39-18-21-7-5-4-6-8-21)23(26(31)34)13-14-24(28)29-19-30-40(36,37)22-11-9-20(2)10-12-22/h4-12,15-16,23,30H,3,13-14,17-19H2,1-2H3,(H2,28,29)/t23-/m0/s1. The summed E-state index contributed by atoms with van der Waals surface area (Å²) in [5, 5.41) is 0. The van der Waals surface area contributed by atoms with Gasteiger partial charge in [0.1, 0.15) is 25.9 Å². The topological polar surface area (TPSA) is 161 Å². The maximum absolute atomic E-state index is 13.2. The Morgan fingerprint density at radius 2 is 1.75 bits per heavy atom. The van der Waals surface area contributed by atoms with Gasteiger partial charge in [-0.3, -0.25) is 19.5 Å². The van der Waals surface area contributed by atoms with Crippen molar-refractivity contribution in [2.24, 2.45) is 10.7 Å². The Balaban J connectivity index is 1.66. The quantitative estimate of drug-likeness (QED) is 0.223. The molecule has 12 nitrogen and oxygen atoms in total. The lowest BCUT2D eigenvalue weighted by Gasteiger charge is -2.34. The van der Waals surface area contributed by atoms with Crippen molar-refractivity contribution in [3.63, 3.8) is 0 Å². The molecule has 214 valence electrons. The number of hydrogen-bond acceptors (Lipinski definition) is 8. The molecule has 0 radical (unpaired) electrons. The van der Waals surface area contributed by atoms with Crippen LogP contribution in [0.4, 0.5) is 4.79 Å². The van der Waals surface area contributed by atoms with Crippen molar-refractivity contribution in [2.45, 2.75) is 44.2 Å². The molecule has 0 unspecified atom stereocenters. The van der Waals surface area contributed by atoms with E-state index < -0.39 is 34.0 Å². The van der Waals surface area contributed by atoms with Crippen LogP contribution in [0.5, 0.6) is 0 Å². The number of hydrogen-bond donors (Lipinski definition) is 2. The van der Waals surface area contributed by atoms with Gasteiger partial charge in [-0.05, 0) is 38.0 Å². The maximum atomic E-state index is 13.2. The van der Waals surface area contributed by atoms with Crippen molar-refractivity contribution in [1.82, 2.24) is 14.5 Å². The van der Waals surface area contributed by atoms with E-state index in [-0.39, 0.29) is 50.0 Å². The van der Waals surface area contributed by atoms with Crippen molar-refractivity contribution in [1.29, 1.82) is 0 Å². The van der Waals surface area contributed by atoms with Crippen LogP contribution >= 0.6 is 0 Å². The van der Waals surface area contributed by atoms with Crippen LogP contribution in [-0.2, 0) is 35.7 Å². The van der Waals surface area contributed by atoms with Crippen molar-refractivity contribution in [3.8, 4) is 0 Å². The fourth-order valence-corrected chi connectivity index (χ4v) is 4.64. The lowest BCUT2D eigenvalue weighted by atomic mass is 10.1. The molecular weight excluding hydrogens is 538 g/mol. The monoisotopic (exact) mass is 571 g/mol. The second kappa shape index (κ2) is 14.2. The van der Waals surface area contributed by atoms with Crippen LogP contribution in [-0.4, -0.2) is 67.9 Å². The number of amidine groups is 1. The van der Waals surface area contributed by atoms with E-state index in [9.17, 15) is 22.8 Å². The van der Waals surface area contributed by atoms with Gasteiger partial charge in [-0.2, -0.15) is 4.72 Å². The number of rotatable bonds is 12. The van der Waals surface area contributed by atoms with Crippen LogP contribution in [0.3, 0.4) is 0 Å². The summed E-state index contributed by atoms with van der Waals surface area (Å²) in [5.74, 6) is -1.05. The Bertz CT molecular complexity index is 1350. The first kappa shape index (κ1) is 30.3. The molecule has 0 bridgehead atoms. The highest BCUT2D eigenvalue weighted by Gasteiger charge is 2.36. The minimum atomic E-state index is -3.79. The zero-order valence-corrected chi connectivity index (χ0v) is 23.2. The molecule has 0 aliphatic carbocycles. The number of benzene rings is 2. The first-order valence-electron chi connectivity index (χ1n) is 12.6. The predicted octanol–water partition coefficient (Wildman–Crippen LogP) is 2.25. The summed E-state index contributed by atoms with van der Waals surface area (Å²) in [7, 11) is -3.79. The minimum Gasteiger partial charge on any atom is -0.465 e. The number of nitrogens with two attached hydrogens (primary N) is 1. The van der Waals surface area contributed by atoms with Gasteiger partial charge in [-0.25, -0.2) is 13.2 Å². The molecule has 2 amide bonds. The Kier molecular flexibility index (Phi) is 10.8. The van der Waals surface area contributed by atoms with Gasteiger partial charge in [-0.1, -0.05) is 48.0 Å². The van der Waals surface area contributed by atoms with E-state index in [0.29, 0.717) is 0 Å². The summed E-state index contributed by atoms with van der Waals surface area (Å²) in [4.78, 5) is 44.5. The fraction of sp³-hybridized carbons (Fsp3) is 0.333. The van der Waals surface area contributed by atoms with Gasteiger partial charge < -0.3 is 20.1 Å². The molecule has 2 aromatic rings. The molecule has 0 aromatic heterocycles. The Morgan fingerprint density at radius 3 is 2.42 bits per heavy atom. The third-order valence-corrected chi connectivity index (χ3v) is 7.28. The van der Waals surface area contributed by atoms with E-state index in [2.05, 4.69) is 9.71 Å². The maximum Gasteiger partial charge on any atom is 0.414 e. The molecule has 1 atom stereocenters. The average Bonchev–Trinajstić information content (AvgIpc) is 2.93. The summed E-state index contributed by atoms with van der Waals surface area (Å²) >= 11 is 0. The van der Waals surface area contributed by atoms with E-state index >= 15 is 0 Å². The summed E-state index contributed by atoms with van der Waals surface area (Å²) in [6, 6.07) is 14.4. The second-order valence-corrected chi connectivity index (χ2v) is 10.6. The number of amides is 2. The van der Waals surface area contributed by atoms with Gasteiger partial charge in [0, 0.05) is 18.8 Å². The lowest BCUT2D eigenvalue weighted by Crippen LogP contribution is -2.52. The highest BCUT2D eigenvalue weighted by atomic mass is 32.2. The normalized spacial score (nSPS) is 15.7. The molecule has 0 saturated heterocycles. The number of ether oxygens (including phenoxy) is 2. The van der Waals surface area contributed by atoms with Gasteiger partial charge in [0.15, 0.2) is 0 Å². The number of sulfonamides is 1. The molecule has 1 aliphatic rings. The molecule has 3 N–H and O–H groups in total. The fourth-order valence-electron chi connectivity index (χ4n) is 3.74. The van der Waals surface area contributed by atoms with Gasteiger partial charge in [0.25, 0.3) is 0 Å². The van der Waals surface area contributed by atoms with E-state index in [1.165, 1.54) is 24.5 Å². The van der Waals surface area contributed by atoms with E-state index in [0.717, 1.165) is 20.9 Å². The van der Waals surface area contributed by atoms with Crippen LogP contribution in [0.25, 0.3) is 0 Å². The number of nitrogens with zero attached hydrogens (tertiary/aromatic N) is 3. The first-order valence-corrected chi connectivity index (χ1v) is 14.1. The van der Waals surface area contributed by atoms with E-state index in [1.807, 2.05) is 25.1 Å². The van der Waals surface area contributed by atoms with Crippen LogP contribution in [0.15, 0.2) is 76.9 Å². The van der Waals surface area contributed by atoms with Gasteiger partial charge in [0.05, 0.1) is 17.3 Å². The number of aliphatic imine (C=N–C) groups is 1. The molecule has 40 heavy (non-hydrogen) atoms. The highest BCUT2D eigenvalue weighted by molar-refractivity contribution is 7.89. The van der Waals surface area contributed by atoms with Crippen LogP contribution in [0, 0.1) is 6.92 Å². The zero-order valence-electron chi connectivity index (χ0n) is 22.4. The molecule has 1 aliphatic heterocycles. The van der Waals surface area contributed by atoms with Crippen molar-refractivity contribution < 1.29 is 32.3 Å². The molecule has 3 rings (SSSR count). The van der Waals surface area contributed by atoms with Gasteiger partial charge in [-0.15, -0.1) is 0 Å². The van der Waals surface area contributed by atoms with E-state index in [4.69, 9.17) is 15.2 Å². The molecule has 0 fully saturated rings. The molecule has 0 saturated carbocycles. The van der Waals surface area contributed by atoms with Crippen molar-refractivity contribution in [3.05, 3.63) is 78.1 Å². The number of nitrogens with one attached hydrogen (secondary N) is 1. The molecule has 13 heteroatoms. The number of carbonyl (C=O) groups is 3. The third kappa shape index (κ3) is 8.64. The Morgan fingerprint density at radius 1 is 1.05 bits per heavy atom. The summed E-state index contributed by atoms with van der Waals surface area (Å²) < 4.78 is 37.6. The Labute approximate surface area is 233 Å². The second-order valence-electron chi connectivity index (χ2n) is 8.84. The summed E-state index contributed by atoms with van der Waals surface area (Å²) in [5.41, 5.74) is 7.69. The third-order valence-electron chi connectivity index (χ3n) is 5.87. The highest BCUT2D eigenvalue weighted by Crippen LogP contribution is 2.19. The van der Waals surface area contributed by atoms with Gasteiger partial charge >= 0.3 is 12.1 Å². The summed E-state index contributed by atoms with van der Waals surface area (Å²) in [6.45, 7) is 3.04. The predicted molar refractivity (Wildman–Crippen MR) is 147 cm³/mol. The molecule has 1 heterocycles. The molecule has 2 aromatic carbocycles. The SMILES string of the molecule is CCOC(=O)CN1C=CN(C(=O)OCc2ccccc2)[C@@H](CCC(N)=NCNS(=O)(=O)c2ccc(C)cc2)C1=O. The van der Waals surface area contributed by atoms with Crippen molar-refractivity contribution in [2.75, 3.05) is 19.8 Å². The first-order chi connectivity index (χ1) is 19.1. The number of carbonyl (C=O) groups excluding carboxylic acids is 3. The largest absolute Gasteiger partial charge is 0.465 e. The Hall–Kier alpha value is -4.23. The van der Waals surface area contributed by atoms with E-state index in [1.54, 1.807) is 31.2 Å². The average molecular weight is 572 g/mol. The van der Waals surface area contributed by atoms with Crippen LogP contribution in [0.1, 0.15) is 30.9 Å². The molecule has 0 spiro atoms. The smallest absolute Gasteiger partial charge is 0.414 e. The van der Waals surface area contributed by atoms with Crippen LogP contribution < -0.4 is 10.5 Å².